The molecule has 0 aromatic heterocycles. The Hall–Kier alpha value is -1.69. The highest BCUT2D eigenvalue weighted by atomic mass is 19.1. The van der Waals surface area contributed by atoms with Gasteiger partial charge in [-0.2, -0.15) is 5.26 Å². The quantitative estimate of drug-likeness (QED) is 0.649. The normalized spacial score (nSPS) is 11.8. The summed E-state index contributed by atoms with van der Waals surface area (Å²) < 4.78 is 12.5. The molecule has 13 heavy (non-hydrogen) atoms. The van der Waals surface area contributed by atoms with Gasteiger partial charge in [-0.3, -0.25) is 4.79 Å². The second-order valence-corrected chi connectivity index (χ2v) is 2.72. The molecular weight excluding hydrogens is 169 g/mol. The third kappa shape index (κ3) is 2.12. The van der Waals surface area contributed by atoms with Crippen LogP contribution in [0.2, 0.25) is 0 Å². The fourth-order valence-corrected chi connectivity index (χ4v) is 0.923. The van der Waals surface area contributed by atoms with Gasteiger partial charge >= 0.3 is 0 Å². The zero-order valence-electron chi connectivity index (χ0n) is 7.12. The van der Waals surface area contributed by atoms with Crippen LogP contribution in [0.5, 0.6) is 0 Å². The van der Waals surface area contributed by atoms with Crippen molar-refractivity contribution in [3.8, 4) is 6.07 Å². The largest absolute Gasteiger partial charge is 0.293 e. The predicted octanol–water partition coefficient (Wildman–Crippen LogP) is 2.17. The van der Waals surface area contributed by atoms with Crippen molar-refractivity contribution in [2.24, 2.45) is 5.92 Å². The van der Waals surface area contributed by atoms with E-state index in [-0.39, 0.29) is 11.6 Å². The molecule has 3 heteroatoms. The van der Waals surface area contributed by atoms with E-state index in [1.54, 1.807) is 0 Å². The average molecular weight is 177 g/mol. The maximum atomic E-state index is 12.5. The van der Waals surface area contributed by atoms with Crippen molar-refractivity contribution in [1.82, 2.24) is 0 Å². The lowest BCUT2D eigenvalue weighted by atomic mass is 10.0. The van der Waals surface area contributed by atoms with E-state index >= 15 is 0 Å². The van der Waals surface area contributed by atoms with E-state index in [0.717, 1.165) is 0 Å². The van der Waals surface area contributed by atoms with Crippen LogP contribution in [0.15, 0.2) is 24.3 Å². The van der Waals surface area contributed by atoms with Crippen LogP contribution in [0.3, 0.4) is 0 Å². The molecule has 0 saturated heterocycles. The van der Waals surface area contributed by atoms with E-state index in [1.165, 1.54) is 31.2 Å². The van der Waals surface area contributed by atoms with Crippen LogP contribution >= 0.6 is 0 Å². The molecule has 0 amide bonds. The smallest absolute Gasteiger partial charge is 0.179 e. The highest BCUT2D eigenvalue weighted by molar-refractivity contribution is 5.99. The zero-order chi connectivity index (χ0) is 9.84. The lowest BCUT2D eigenvalue weighted by Crippen LogP contribution is -2.08. The number of hydrogen-bond acceptors (Lipinski definition) is 2. The topological polar surface area (TPSA) is 40.9 Å². The van der Waals surface area contributed by atoms with Crippen molar-refractivity contribution < 1.29 is 9.18 Å². The lowest BCUT2D eigenvalue weighted by molar-refractivity contribution is 0.0956. The third-order valence-electron chi connectivity index (χ3n) is 1.72. The molecule has 0 aliphatic heterocycles. The Balaban J connectivity index is 2.91. The van der Waals surface area contributed by atoms with Gasteiger partial charge in [0.25, 0.3) is 0 Å². The Morgan fingerprint density at radius 3 is 2.46 bits per heavy atom. The van der Waals surface area contributed by atoms with Crippen molar-refractivity contribution >= 4 is 5.78 Å². The Morgan fingerprint density at radius 1 is 1.46 bits per heavy atom. The van der Waals surface area contributed by atoms with Gasteiger partial charge in [-0.15, -0.1) is 0 Å². The van der Waals surface area contributed by atoms with E-state index in [0.29, 0.717) is 5.56 Å². The molecule has 0 fully saturated rings. The molecule has 66 valence electrons. The number of Topliss-reactive ketones (excluding diaryl/α,β-unsaturated/α-hetero) is 1. The number of ketones is 1. The van der Waals surface area contributed by atoms with Gasteiger partial charge in [0.2, 0.25) is 0 Å². The number of hydrogen-bond donors (Lipinski definition) is 0. The van der Waals surface area contributed by atoms with Gasteiger partial charge in [0, 0.05) is 5.56 Å². The summed E-state index contributed by atoms with van der Waals surface area (Å²) in [6, 6.07) is 7.01. The van der Waals surface area contributed by atoms with Crippen LogP contribution in [-0.2, 0) is 0 Å². The molecule has 1 rings (SSSR count). The third-order valence-corrected chi connectivity index (χ3v) is 1.72. The predicted molar refractivity (Wildman–Crippen MR) is 45.5 cm³/mol. The maximum absolute atomic E-state index is 12.5. The Bertz CT molecular complexity index is 350. The van der Waals surface area contributed by atoms with Crippen LogP contribution in [0.1, 0.15) is 17.3 Å². The Labute approximate surface area is 75.6 Å². The molecule has 0 aliphatic carbocycles. The summed E-state index contributed by atoms with van der Waals surface area (Å²) in [6.07, 6.45) is 0. The van der Waals surface area contributed by atoms with Gasteiger partial charge in [-0.05, 0) is 31.2 Å². The molecule has 0 radical (unpaired) electrons. The minimum atomic E-state index is -0.675. The van der Waals surface area contributed by atoms with Crippen LogP contribution in [0.4, 0.5) is 4.39 Å². The van der Waals surface area contributed by atoms with E-state index in [9.17, 15) is 9.18 Å². The summed E-state index contributed by atoms with van der Waals surface area (Å²) in [5.41, 5.74) is 0.371. The maximum Gasteiger partial charge on any atom is 0.179 e. The van der Waals surface area contributed by atoms with E-state index in [4.69, 9.17) is 5.26 Å². The number of nitrogens with zero attached hydrogens (tertiary/aromatic N) is 1. The van der Waals surface area contributed by atoms with E-state index < -0.39 is 5.92 Å². The van der Waals surface area contributed by atoms with Crippen molar-refractivity contribution in [3.05, 3.63) is 35.6 Å². The summed E-state index contributed by atoms with van der Waals surface area (Å²) in [7, 11) is 0. The molecule has 0 spiro atoms. The molecule has 0 saturated carbocycles. The lowest BCUT2D eigenvalue weighted by Gasteiger charge is -2.00. The Morgan fingerprint density at radius 2 is 2.00 bits per heavy atom. The summed E-state index contributed by atoms with van der Waals surface area (Å²) in [4.78, 5) is 11.3. The second-order valence-electron chi connectivity index (χ2n) is 2.72. The number of nitriles is 1. The fraction of sp³-hybridized carbons (Fsp3) is 0.200. The van der Waals surface area contributed by atoms with Crippen LogP contribution in [0, 0.1) is 23.1 Å². The zero-order valence-corrected chi connectivity index (χ0v) is 7.12. The second kappa shape index (κ2) is 3.81. The molecule has 0 N–H and O–H groups in total. The van der Waals surface area contributed by atoms with Gasteiger partial charge in [-0.1, -0.05) is 0 Å². The number of rotatable bonds is 2. The first-order chi connectivity index (χ1) is 6.15. The van der Waals surface area contributed by atoms with Crippen molar-refractivity contribution in [1.29, 1.82) is 5.26 Å². The van der Waals surface area contributed by atoms with Gasteiger partial charge in [-0.25, -0.2) is 4.39 Å². The van der Waals surface area contributed by atoms with Gasteiger partial charge in [0.15, 0.2) is 5.78 Å². The van der Waals surface area contributed by atoms with Crippen molar-refractivity contribution in [2.75, 3.05) is 0 Å². The number of carbonyl (C=O) groups excluding carboxylic acids is 1. The van der Waals surface area contributed by atoms with Crippen molar-refractivity contribution in [2.45, 2.75) is 6.92 Å². The van der Waals surface area contributed by atoms with E-state index in [2.05, 4.69) is 0 Å². The molecule has 1 atom stereocenters. The first-order valence-corrected chi connectivity index (χ1v) is 3.84. The molecule has 0 bridgehead atoms. The number of benzene rings is 1. The summed E-state index contributed by atoms with van der Waals surface area (Å²) in [5.74, 6) is -1.34. The van der Waals surface area contributed by atoms with Crippen LogP contribution in [0.25, 0.3) is 0 Å². The standard InChI is InChI=1S/C10H8FNO/c1-7(6-12)10(13)8-2-4-9(11)5-3-8/h2-5,7H,1H3. The molecule has 1 unspecified atom stereocenters. The Kier molecular flexibility index (Phi) is 2.76. The SMILES string of the molecule is CC(C#N)C(=O)c1ccc(F)cc1. The molecule has 0 heterocycles. The monoisotopic (exact) mass is 177 g/mol. The van der Waals surface area contributed by atoms with Gasteiger partial charge in [0.1, 0.15) is 11.7 Å². The average Bonchev–Trinajstić information content (AvgIpc) is 2.17. The molecule has 0 aliphatic rings. The highest BCUT2D eigenvalue weighted by Gasteiger charge is 2.13. The fourth-order valence-electron chi connectivity index (χ4n) is 0.923. The first-order valence-electron chi connectivity index (χ1n) is 3.84. The van der Waals surface area contributed by atoms with Crippen LogP contribution < -0.4 is 0 Å². The summed E-state index contributed by atoms with van der Waals surface area (Å²) in [6.45, 7) is 1.52. The summed E-state index contributed by atoms with van der Waals surface area (Å²) >= 11 is 0. The van der Waals surface area contributed by atoms with Crippen molar-refractivity contribution in [3.63, 3.8) is 0 Å². The first kappa shape index (κ1) is 9.40. The van der Waals surface area contributed by atoms with Crippen LogP contribution in [-0.4, -0.2) is 5.78 Å². The number of halogens is 1. The number of carbonyl (C=O) groups is 1. The minimum absolute atomic E-state index is 0.275. The molecule has 1 aromatic carbocycles. The minimum Gasteiger partial charge on any atom is -0.293 e. The summed E-state index contributed by atoms with van der Waals surface area (Å²) in [5, 5.41) is 8.48. The van der Waals surface area contributed by atoms with Gasteiger partial charge < -0.3 is 0 Å². The molecular formula is C10H8FNO. The molecule has 1 aromatic rings. The highest BCUT2D eigenvalue weighted by Crippen LogP contribution is 2.08. The van der Waals surface area contributed by atoms with E-state index in [1.807, 2.05) is 6.07 Å². The molecule has 2 nitrogen and oxygen atoms in total. The van der Waals surface area contributed by atoms with Gasteiger partial charge in [0.05, 0.1) is 6.07 Å².